The fraction of sp³-hybridized carbons (Fsp3) is 0.214. The molecule has 0 radical (unpaired) electrons. The maximum atomic E-state index is 12.1. The Morgan fingerprint density at radius 1 is 1.37 bits per heavy atom. The number of Topliss-reactive ketones (excluding diaryl/α,β-unsaturated/α-hetero) is 1. The van der Waals surface area contributed by atoms with Crippen molar-refractivity contribution in [2.75, 3.05) is 0 Å². The van der Waals surface area contributed by atoms with Gasteiger partial charge >= 0.3 is 0 Å². The van der Waals surface area contributed by atoms with Crippen LogP contribution < -0.4 is 0 Å². The molecule has 1 heterocycles. The van der Waals surface area contributed by atoms with Gasteiger partial charge in [-0.1, -0.05) is 45.7 Å². The number of thiophene rings is 1. The fourth-order valence-electron chi connectivity index (χ4n) is 1.55. The summed E-state index contributed by atoms with van der Waals surface area (Å²) in [6, 6.07) is 11.2. The Kier molecular flexibility index (Phi) is 5.16. The smallest absolute Gasteiger partial charge is 0.201 e. The van der Waals surface area contributed by atoms with Crippen LogP contribution in [0.4, 0.5) is 0 Å². The monoisotopic (exact) mass is 358 g/mol. The Labute approximate surface area is 129 Å². The van der Waals surface area contributed by atoms with Crippen molar-refractivity contribution in [2.45, 2.75) is 19.6 Å². The van der Waals surface area contributed by atoms with Gasteiger partial charge in [0.2, 0.25) is 5.78 Å². The summed E-state index contributed by atoms with van der Waals surface area (Å²) in [5.74, 6) is -0.0380. The minimum Gasteiger partial charge on any atom is -0.366 e. The Balaban J connectivity index is 1.96. The molecule has 0 saturated carbocycles. The highest BCUT2D eigenvalue weighted by molar-refractivity contribution is 9.10. The molecule has 2 rings (SSSR count). The van der Waals surface area contributed by atoms with Gasteiger partial charge in [0.25, 0.3) is 0 Å². The van der Waals surface area contributed by atoms with Crippen molar-refractivity contribution < 1.29 is 9.53 Å². The molecule has 0 fully saturated rings. The van der Waals surface area contributed by atoms with Crippen molar-refractivity contribution in [2.24, 2.45) is 0 Å². The first-order valence-corrected chi connectivity index (χ1v) is 7.71. The third kappa shape index (κ3) is 3.89. The molecule has 0 aliphatic heterocycles. The fourth-order valence-corrected chi connectivity index (χ4v) is 3.01. The number of benzene rings is 1. The molecule has 2 aromatic rings. The van der Waals surface area contributed by atoms with Gasteiger partial charge in [0, 0.05) is 4.47 Å². The van der Waals surface area contributed by atoms with Gasteiger partial charge in [-0.3, -0.25) is 4.79 Å². The Bertz CT molecular complexity index is 582. The van der Waals surface area contributed by atoms with Gasteiger partial charge in [-0.2, -0.15) is 0 Å². The van der Waals surface area contributed by atoms with Crippen LogP contribution in [0.15, 0.2) is 40.9 Å². The van der Waals surface area contributed by atoms with E-state index in [4.69, 9.17) is 16.3 Å². The highest BCUT2D eigenvalue weighted by Gasteiger charge is 2.18. The van der Waals surface area contributed by atoms with E-state index in [-0.39, 0.29) is 5.78 Å². The van der Waals surface area contributed by atoms with Crippen LogP contribution in [0.3, 0.4) is 0 Å². The van der Waals surface area contributed by atoms with Gasteiger partial charge < -0.3 is 4.74 Å². The van der Waals surface area contributed by atoms with Crippen molar-refractivity contribution in [1.29, 1.82) is 0 Å². The molecule has 1 aromatic heterocycles. The third-order valence-electron chi connectivity index (χ3n) is 2.63. The average molecular weight is 360 g/mol. The Hall–Kier alpha value is -0.680. The quantitative estimate of drug-likeness (QED) is 0.706. The molecule has 1 unspecified atom stereocenters. The molecule has 2 nitrogen and oxygen atoms in total. The lowest BCUT2D eigenvalue weighted by molar-refractivity contribution is 0.0414. The van der Waals surface area contributed by atoms with Crippen molar-refractivity contribution in [1.82, 2.24) is 0 Å². The third-order valence-corrected chi connectivity index (χ3v) is 4.65. The minimum absolute atomic E-state index is 0.0380. The van der Waals surface area contributed by atoms with Crippen LogP contribution >= 0.6 is 38.9 Å². The summed E-state index contributed by atoms with van der Waals surface area (Å²) >= 11 is 10.5. The molecule has 1 atom stereocenters. The number of ether oxygens (including phenoxy) is 1. The van der Waals surface area contributed by atoms with Crippen LogP contribution in [0, 0.1) is 0 Å². The molecule has 0 N–H and O–H groups in total. The SMILES string of the molecule is CC(OCc1ccccc1Br)C(=O)c1ccc(Cl)s1. The molecular formula is C14H12BrClO2S. The summed E-state index contributed by atoms with van der Waals surface area (Å²) in [5.41, 5.74) is 1.02. The zero-order valence-electron chi connectivity index (χ0n) is 10.2. The van der Waals surface area contributed by atoms with Crippen molar-refractivity contribution in [3.8, 4) is 0 Å². The molecule has 0 aliphatic rings. The molecule has 0 aliphatic carbocycles. The summed E-state index contributed by atoms with van der Waals surface area (Å²) in [5, 5.41) is 0. The van der Waals surface area contributed by atoms with Crippen LogP contribution in [0.25, 0.3) is 0 Å². The zero-order valence-corrected chi connectivity index (χ0v) is 13.4. The van der Waals surface area contributed by atoms with E-state index < -0.39 is 6.10 Å². The lowest BCUT2D eigenvalue weighted by Crippen LogP contribution is -2.19. The first-order valence-electron chi connectivity index (χ1n) is 5.72. The lowest BCUT2D eigenvalue weighted by atomic mass is 10.2. The molecule has 5 heteroatoms. The minimum atomic E-state index is -0.484. The zero-order chi connectivity index (χ0) is 13.8. The van der Waals surface area contributed by atoms with Crippen molar-refractivity contribution >= 4 is 44.7 Å². The summed E-state index contributed by atoms with van der Waals surface area (Å²) in [7, 11) is 0. The first-order chi connectivity index (χ1) is 9.08. The predicted octanol–water partition coefficient (Wildman–Crippen LogP) is 4.95. The van der Waals surface area contributed by atoms with E-state index in [1.807, 2.05) is 24.3 Å². The molecule has 19 heavy (non-hydrogen) atoms. The molecule has 100 valence electrons. The van der Waals surface area contributed by atoms with Crippen LogP contribution in [0.2, 0.25) is 4.34 Å². The lowest BCUT2D eigenvalue weighted by Gasteiger charge is -2.12. The number of carbonyl (C=O) groups is 1. The van der Waals surface area contributed by atoms with Gasteiger partial charge in [0.15, 0.2) is 0 Å². The van der Waals surface area contributed by atoms with E-state index >= 15 is 0 Å². The van der Waals surface area contributed by atoms with Gasteiger partial charge in [0.1, 0.15) is 6.10 Å². The van der Waals surface area contributed by atoms with E-state index in [0.717, 1.165) is 10.0 Å². The topological polar surface area (TPSA) is 26.3 Å². The summed E-state index contributed by atoms with van der Waals surface area (Å²) in [6.45, 7) is 2.15. The number of ketones is 1. The molecule has 1 aromatic carbocycles. The normalized spacial score (nSPS) is 12.4. The van der Waals surface area contributed by atoms with E-state index in [1.165, 1.54) is 11.3 Å². The van der Waals surface area contributed by atoms with Crippen LogP contribution in [-0.2, 0) is 11.3 Å². The maximum Gasteiger partial charge on any atom is 0.201 e. The molecule has 0 amide bonds. The second-order valence-electron chi connectivity index (χ2n) is 4.01. The highest BCUT2D eigenvalue weighted by atomic mass is 79.9. The number of carbonyl (C=O) groups excluding carboxylic acids is 1. The largest absolute Gasteiger partial charge is 0.366 e. The predicted molar refractivity (Wildman–Crippen MR) is 82.1 cm³/mol. The first kappa shape index (κ1) is 14.7. The van der Waals surface area contributed by atoms with Gasteiger partial charge in [-0.15, -0.1) is 11.3 Å². The molecular weight excluding hydrogens is 348 g/mol. The molecule has 0 saturated heterocycles. The molecule has 0 spiro atoms. The van der Waals surface area contributed by atoms with Gasteiger partial charge in [0.05, 0.1) is 15.8 Å². The molecule has 0 bridgehead atoms. The summed E-state index contributed by atoms with van der Waals surface area (Å²) in [4.78, 5) is 12.7. The number of halogens is 2. The standard InChI is InChI=1S/C14H12BrClO2S/c1-9(14(17)12-6-7-13(16)19-12)18-8-10-4-2-3-5-11(10)15/h2-7,9H,8H2,1H3. The number of hydrogen-bond acceptors (Lipinski definition) is 3. The second kappa shape index (κ2) is 6.66. The van der Waals surface area contributed by atoms with Crippen LogP contribution in [0.1, 0.15) is 22.2 Å². The average Bonchev–Trinajstić information content (AvgIpc) is 2.83. The van der Waals surface area contributed by atoms with E-state index in [9.17, 15) is 4.79 Å². The number of hydrogen-bond donors (Lipinski definition) is 0. The maximum absolute atomic E-state index is 12.1. The number of rotatable bonds is 5. The van der Waals surface area contributed by atoms with Crippen LogP contribution in [-0.4, -0.2) is 11.9 Å². The van der Waals surface area contributed by atoms with E-state index in [2.05, 4.69) is 15.9 Å². The highest BCUT2D eigenvalue weighted by Crippen LogP contribution is 2.24. The van der Waals surface area contributed by atoms with Crippen molar-refractivity contribution in [3.63, 3.8) is 0 Å². The van der Waals surface area contributed by atoms with Crippen molar-refractivity contribution in [3.05, 3.63) is 55.6 Å². The van der Waals surface area contributed by atoms with E-state index in [1.54, 1.807) is 19.1 Å². The Morgan fingerprint density at radius 2 is 2.11 bits per heavy atom. The Morgan fingerprint density at radius 3 is 2.74 bits per heavy atom. The summed E-state index contributed by atoms with van der Waals surface area (Å²) < 4.78 is 7.21. The van der Waals surface area contributed by atoms with Crippen LogP contribution in [0.5, 0.6) is 0 Å². The second-order valence-corrected chi connectivity index (χ2v) is 6.58. The van der Waals surface area contributed by atoms with E-state index in [0.29, 0.717) is 15.8 Å². The summed E-state index contributed by atoms with van der Waals surface area (Å²) in [6.07, 6.45) is -0.484. The van der Waals surface area contributed by atoms with Gasteiger partial charge in [-0.25, -0.2) is 0 Å². The van der Waals surface area contributed by atoms with Gasteiger partial charge in [-0.05, 0) is 30.7 Å².